The number of nitrogens with zero attached hydrogens (tertiary/aromatic N) is 1. The average Bonchev–Trinajstić information content (AvgIpc) is 2.87. The lowest BCUT2D eigenvalue weighted by molar-refractivity contribution is 0.497. The molecule has 2 rings (SSSR count). The van der Waals surface area contributed by atoms with E-state index in [-0.39, 0.29) is 0 Å². The van der Waals surface area contributed by atoms with E-state index < -0.39 is 0 Å². The molecule has 0 spiro atoms. The van der Waals surface area contributed by atoms with E-state index in [1.165, 1.54) is 12.8 Å². The van der Waals surface area contributed by atoms with Gasteiger partial charge in [-0.3, -0.25) is 0 Å². The van der Waals surface area contributed by atoms with Crippen LogP contribution in [0.25, 0.3) is 0 Å². The minimum Gasteiger partial charge on any atom is -0.448 e. The van der Waals surface area contributed by atoms with Crippen molar-refractivity contribution in [3.8, 4) is 0 Å². The summed E-state index contributed by atoms with van der Waals surface area (Å²) in [7, 11) is 0. The van der Waals surface area contributed by atoms with Crippen LogP contribution in [0.1, 0.15) is 44.1 Å². The van der Waals surface area contributed by atoms with Crippen LogP contribution in [0.3, 0.4) is 0 Å². The summed E-state index contributed by atoms with van der Waals surface area (Å²) in [6.45, 7) is 6.30. The molecule has 1 saturated carbocycles. The quantitative estimate of drug-likeness (QED) is 0.781. The molecule has 14 heavy (non-hydrogen) atoms. The molecule has 1 N–H and O–H groups in total. The van der Waals surface area contributed by atoms with E-state index in [1.54, 1.807) is 6.39 Å². The van der Waals surface area contributed by atoms with Crippen molar-refractivity contribution < 1.29 is 4.42 Å². The normalized spacial score (nSPS) is 16.5. The highest BCUT2D eigenvalue weighted by molar-refractivity contribution is 5.17. The predicted molar refractivity (Wildman–Crippen MR) is 55.0 cm³/mol. The Morgan fingerprint density at radius 3 is 3.00 bits per heavy atom. The van der Waals surface area contributed by atoms with Gasteiger partial charge in [0.05, 0.1) is 5.69 Å². The Balaban J connectivity index is 1.85. The molecule has 1 aliphatic carbocycles. The molecule has 3 nitrogen and oxygen atoms in total. The highest BCUT2D eigenvalue weighted by Crippen LogP contribution is 2.41. The number of nitrogens with one attached hydrogen (secondary N) is 1. The van der Waals surface area contributed by atoms with Crippen LogP contribution in [0.4, 0.5) is 0 Å². The van der Waals surface area contributed by atoms with Crippen molar-refractivity contribution in [3.05, 3.63) is 17.8 Å². The lowest BCUT2D eigenvalue weighted by Gasteiger charge is -2.05. The van der Waals surface area contributed by atoms with E-state index in [2.05, 4.69) is 24.1 Å². The summed E-state index contributed by atoms with van der Waals surface area (Å²) in [5.41, 5.74) is 1.10. The van der Waals surface area contributed by atoms with E-state index in [4.69, 9.17) is 4.42 Å². The van der Waals surface area contributed by atoms with Gasteiger partial charge in [-0.05, 0) is 25.3 Å². The van der Waals surface area contributed by atoms with Gasteiger partial charge in [-0.15, -0.1) is 0 Å². The molecule has 1 heterocycles. The van der Waals surface area contributed by atoms with Gasteiger partial charge in [0.2, 0.25) is 0 Å². The van der Waals surface area contributed by atoms with Crippen molar-refractivity contribution in [2.75, 3.05) is 6.54 Å². The first-order chi connectivity index (χ1) is 6.77. The van der Waals surface area contributed by atoms with Crippen LogP contribution in [-0.2, 0) is 6.54 Å². The monoisotopic (exact) mass is 194 g/mol. The Kier molecular flexibility index (Phi) is 2.87. The summed E-state index contributed by atoms with van der Waals surface area (Å²) in [6, 6.07) is 0. The molecule has 1 aromatic rings. The summed E-state index contributed by atoms with van der Waals surface area (Å²) < 4.78 is 5.39. The first kappa shape index (κ1) is 9.71. The second kappa shape index (κ2) is 4.13. The number of aromatic nitrogens is 1. The zero-order chi connectivity index (χ0) is 9.97. The fourth-order valence-electron chi connectivity index (χ4n) is 1.57. The molecule has 0 aliphatic heterocycles. The van der Waals surface area contributed by atoms with Gasteiger partial charge in [0, 0.05) is 12.5 Å². The smallest absolute Gasteiger partial charge is 0.181 e. The molecule has 0 radical (unpaired) electrons. The number of hydrogen-bond acceptors (Lipinski definition) is 3. The minimum absolute atomic E-state index is 0.661. The molecule has 1 fully saturated rings. The van der Waals surface area contributed by atoms with Crippen LogP contribution in [0, 0.1) is 5.92 Å². The fraction of sp³-hybridized carbons (Fsp3) is 0.727. The lowest BCUT2D eigenvalue weighted by atomic mass is 10.2. The zero-order valence-corrected chi connectivity index (χ0v) is 8.92. The molecule has 78 valence electrons. The third kappa shape index (κ3) is 2.35. The van der Waals surface area contributed by atoms with Crippen molar-refractivity contribution in [3.63, 3.8) is 0 Å². The molecule has 1 aliphatic rings. The molecule has 0 unspecified atom stereocenters. The fourth-order valence-corrected chi connectivity index (χ4v) is 1.57. The third-order valence-electron chi connectivity index (χ3n) is 2.47. The molecule has 3 heteroatoms. The number of rotatable bonds is 5. The summed E-state index contributed by atoms with van der Waals surface area (Å²) >= 11 is 0. The van der Waals surface area contributed by atoms with Crippen molar-refractivity contribution in [1.82, 2.24) is 10.3 Å². The van der Waals surface area contributed by atoms with Crippen LogP contribution in [0.2, 0.25) is 0 Å². The maximum Gasteiger partial charge on any atom is 0.181 e. The van der Waals surface area contributed by atoms with E-state index >= 15 is 0 Å². The second-order valence-electron chi connectivity index (χ2n) is 4.46. The number of oxazole rings is 1. The van der Waals surface area contributed by atoms with E-state index in [0.717, 1.165) is 24.5 Å². The standard InChI is InChI=1S/C11H18N2O/c1-8(2)5-12-6-10-11(9-3-4-9)14-7-13-10/h7-9,12H,3-6H2,1-2H3. The minimum atomic E-state index is 0.661. The third-order valence-corrected chi connectivity index (χ3v) is 2.47. The molecule has 0 atom stereocenters. The SMILES string of the molecule is CC(C)CNCc1ncoc1C1CC1. The summed E-state index contributed by atoms with van der Waals surface area (Å²) in [4.78, 5) is 4.25. The van der Waals surface area contributed by atoms with Crippen LogP contribution in [0.5, 0.6) is 0 Å². The van der Waals surface area contributed by atoms with Crippen molar-refractivity contribution in [1.29, 1.82) is 0 Å². The van der Waals surface area contributed by atoms with Gasteiger partial charge in [0.15, 0.2) is 6.39 Å². The van der Waals surface area contributed by atoms with Gasteiger partial charge in [0.1, 0.15) is 5.76 Å². The molecule has 0 aromatic carbocycles. The van der Waals surface area contributed by atoms with Crippen LogP contribution < -0.4 is 5.32 Å². The van der Waals surface area contributed by atoms with Gasteiger partial charge in [-0.25, -0.2) is 4.98 Å². The van der Waals surface area contributed by atoms with Crippen LogP contribution >= 0.6 is 0 Å². The van der Waals surface area contributed by atoms with Crippen molar-refractivity contribution in [2.24, 2.45) is 5.92 Å². The Morgan fingerprint density at radius 2 is 2.36 bits per heavy atom. The van der Waals surface area contributed by atoms with E-state index in [0.29, 0.717) is 11.8 Å². The molecule has 0 amide bonds. The van der Waals surface area contributed by atoms with Crippen molar-refractivity contribution in [2.45, 2.75) is 39.2 Å². The van der Waals surface area contributed by atoms with Gasteiger partial charge >= 0.3 is 0 Å². The summed E-state index contributed by atoms with van der Waals surface area (Å²) in [6.07, 6.45) is 4.11. The van der Waals surface area contributed by atoms with Gasteiger partial charge in [-0.1, -0.05) is 13.8 Å². The van der Waals surface area contributed by atoms with E-state index in [1.807, 2.05) is 0 Å². The van der Waals surface area contributed by atoms with Crippen molar-refractivity contribution >= 4 is 0 Å². The Labute approximate surface area is 84.9 Å². The predicted octanol–water partition coefficient (Wildman–Crippen LogP) is 2.30. The van der Waals surface area contributed by atoms with E-state index in [9.17, 15) is 0 Å². The largest absolute Gasteiger partial charge is 0.448 e. The summed E-state index contributed by atoms with van der Waals surface area (Å²) in [5.74, 6) is 2.46. The maximum atomic E-state index is 5.39. The Morgan fingerprint density at radius 1 is 1.57 bits per heavy atom. The second-order valence-corrected chi connectivity index (χ2v) is 4.46. The first-order valence-corrected chi connectivity index (χ1v) is 5.40. The molecule has 0 bridgehead atoms. The Bertz CT molecular complexity index is 289. The van der Waals surface area contributed by atoms with Gasteiger partial charge in [0.25, 0.3) is 0 Å². The Hall–Kier alpha value is -0.830. The van der Waals surface area contributed by atoms with Crippen LogP contribution in [0.15, 0.2) is 10.8 Å². The number of hydrogen-bond donors (Lipinski definition) is 1. The zero-order valence-electron chi connectivity index (χ0n) is 8.92. The van der Waals surface area contributed by atoms with Crippen LogP contribution in [-0.4, -0.2) is 11.5 Å². The lowest BCUT2D eigenvalue weighted by Crippen LogP contribution is -2.19. The van der Waals surface area contributed by atoms with Gasteiger partial charge < -0.3 is 9.73 Å². The highest BCUT2D eigenvalue weighted by Gasteiger charge is 2.29. The average molecular weight is 194 g/mol. The molecule has 1 aromatic heterocycles. The molecular weight excluding hydrogens is 176 g/mol. The molecule has 0 saturated heterocycles. The first-order valence-electron chi connectivity index (χ1n) is 5.40. The topological polar surface area (TPSA) is 38.1 Å². The van der Waals surface area contributed by atoms with Gasteiger partial charge in [-0.2, -0.15) is 0 Å². The maximum absolute atomic E-state index is 5.39. The molecular formula is C11H18N2O. The highest BCUT2D eigenvalue weighted by atomic mass is 16.3. The summed E-state index contributed by atoms with van der Waals surface area (Å²) in [5, 5.41) is 3.39.